The van der Waals surface area contributed by atoms with E-state index in [0.717, 1.165) is 10.5 Å². The van der Waals surface area contributed by atoms with E-state index in [4.69, 9.17) is 14.2 Å². The number of ether oxygens (including phenoxy) is 3. The Hall–Kier alpha value is -3.06. The van der Waals surface area contributed by atoms with Crippen molar-refractivity contribution in [1.82, 2.24) is 0 Å². The molecule has 30 heavy (non-hydrogen) atoms. The molecule has 0 unspecified atom stereocenters. The lowest BCUT2D eigenvalue weighted by Gasteiger charge is -2.28. The number of benzene rings is 2. The fourth-order valence-electron chi connectivity index (χ4n) is 3.72. The molecule has 2 amide bonds. The largest absolute Gasteiger partial charge is 0.493 e. The van der Waals surface area contributed by atoms with E-state index in [-0.39, 0.29) is 6.42 Å². The summed E-state index contributed by atoms with van der Waals surface area (Å²) in [5, 5.41) is 10.4. The zero-order valence-electron chi connectivity index (χ0n) is 17.9. The standard InChI is InChI=1S/C23H27NO6/c1-22(2,3)30-21(27)24-17-9-7-6-8-16(17)23(14-25,20(24)26)13-15-10-11-18(28-4)19(12-15)29-5/h6-12,25H,13-14H2,1-5H3/t23-/m1/s1. The number of hydrogen-bond acceptors (Lipinski definition) is 6. The highest BCUT2D eigenvalue weighted by atomic mass is 16.6. The van der Waals surface area contributed by atoms with Crippen LogP contribution in [0.5, 0.6) is 11.5 Å². The Morgan fingerprint density at radius 3 is 2.33 bits per heavy atom. The Balaban J connectivity index is 2.06. The fraction of sp³-hybridized carbons (Fsp3) is 0.391. The Morgan fingerprint density at radius 2 is 1.73 bits per heavy atom. The van der Waals surface area contributed by atoms with Crippen molar-refractivity contribution < 1.29 is 28.9 Å². The zero-order valence-corrected chi connectivity index (χ0v) is 17.9. The maximum atomic E-state index is 13.5. The van der Waals surface area contributed by atoms with E-state index in [0.29, 0.717) is 22.7 Å². The van der Waals surface area contributed by atoms with Crippen molar-refractivity contribution in [3.8, 4) is 11.5 Å². The third-order valence-electron chi connectivity index (χ3n) is 5.07. The van der Waals surface area contributed by atoms with Gasteiger partial charge in [0.05, 0.1) is 26.5 Å². The molecule has 0 radical (unpaired) electrons. The summed E-state index contributed by atoms with van der Waals surface area (Å²) >= 11 is 0. The molecule has 1 heterocycles. The average molecular weight is 413 g/mol. The molecule has 0 spiro atoms. The summed E-state index contributed by atoms with van der Waals surface area (Å²) in [5.41, 5.74) is -0.312. The summed E-state index contributed by atoms with van der Waals surface area (Å²) < 4.78 is 16.1. The molecule has 1 aliphatic rings. The van der Waals surface area contributed by atoms with E-state index in [9.17, 15) is 14.7 Å². The molecule has 0 fully saturated rings. The molecular formula is C23H27NO6. The number of anilines is 1. The van der Waals surface area contributed by atoms with E-state index in [1.54, 1.807) is 64.3 Å². The Bertz CT molecular complexity index is 964. The molecule has 0 aliphatic carbocycles. The summed E-state index contributed by atoms with van der Waals surface area (Å²) in [5.74, 6) is 0.564. The van der Waals surface area contributed by atoms with Gasteiger partial charge in [-0.15, -0.1) is 0 Å². The summed E-state index contributed by atoms with van der Waals surface area (Å²) in [7, 11) is 3.08. The van der Waals surface area contributed by atoms with Crippen LogP contribution < -0.4 is 14.4 Å². The molecule has 0 bridgehead atoms. The van der Waals surface area contributed by atoms with Crippen molar-refractivity contribution in [3.63, 3.8) is 0 Å². The number of imide groups is 1. The number of fused-ring (bicyclic) bond motifs is 1. The highest BCUT2D eigenvalue weighted by Gasteiger charge is 2.53. The fourth-order valence-corrected chi connectivity index (χ4v) is 3.72. The van der Waals surface area contributed by atoms with E-state index in [1.165, 1.54) is 7.11 Å². The van der Waals surface area contributed by atoms with Crippen molar-refractivity contribution in [2.45, 2.75) is 38.2 Å². The van der Waals surface area contributed by atoms with Gasteiger partial charge in [0.25, 0.3) is 0 Å². The minimum atomic E-state index is -1.31. The van der Waals surface area contributed by atoms with Gasteiger partial charge >= 0.3 is 6.09 Å². The smallest absolute Gasteiger partial charge is 0.421 e. The normalized spacial score (nSPS) is 18.2. The van der Waals surface area contributed by atoms with Crippen LogP contribution in [0, 0.1) is 0 Å². The number of carbonyl (C=O) groups excluding carboxylic acids is 2. The summed E-state index contributed by atoms with van der Waals surface area (Å²) in [6.45, 7) is 4.75. The van der Waals surface area contributed by atoms with Gasteiger partial charge in [0.1, 0.15) is 11.0 Å². The molecule has 7 heteroatoms. The number of aliphatic hydroxyl groups is 1. The van der Waals surface area contributed by atoms with Gasteiger partial charge in [-0.3, -0.25) is 4.79 Å². The first-order valence-corrected chi connectivity index (χ1v) is 9.65. The van der Waals surface area contributed by atoms with Crippen LogP contribution in [-0.4, -0.2) is 43.5 Å². The summed E-state index contributed by atoms with van der Waals surface area (Å²) in [4.78, 5) is 27.4. The van der Waals surface area contributed by atoms with Gasteiger partial charge in [-0.1, -0.05) is 24.3 Å². The lowest BCUT2D eigenvalue weighted by atomic mass is 9.77. The molecule has 0 saturated heterocycles. The van der Waals surface area contributed by atoms with Crippen molar-refractivity contribution in [1.29, 1.82) is 0 Å². The molecule has 0 aromatic heterocycles. The molecule has 2 aromatic carbocycles. The Labute approximate surface area is 176 Å². The van der Waals surface area contributed by atoms with Crippen LogP contribution in [0.1, 0.15) is 31.9 Å². The Kier molecular flexibility index (Phi) is 5.76. The number of hydrogen-bond donors (Lipinski definition) is 1. The van der Waals surface area contributed by atoms with Gasteiger partial charge in [0.15, 0.2) is 11.5 Å². The van der Waals surface area contributed by atoms with E-state index in [2.05, 4.69) is 0 Å². The van der Waals surface area contributed by atoms with Gasteiger partial charge in [-0.05, 0) is 56.5 Å². The van der Waals surface area contributed by atoms with Crippen LogP contribution in [0.3, 0.4) is 0 Å². The third-order valence-corrected chi connectivity index (χ3v) is 5.07. The number of rotatable bonds is 5. The van der Waals surface area contributed by atoms with Crippen LogP contribution in [0.25, 0.3) is 0 Å². The van der Waals surface area contributed by atoms with Crippen molar-refractivity contribution in [2.75, 3.05) is 25.7 Å². The van der Waals surface area contributed by atoms with E-state index < -0.39 is 29.6 Å². The SMILES string of the molecule is COc1ccc(C[C@]2(CO)C(=O)N(C(=O)OC(C)(C)C)c3ccccc32)cc1OC. The second kappa shape index (κ2) is 7.99. The first kappa shape index (κ1) is 21.6. The van der Waals surface area contributed by atoms with E-state index in [1.807, 2.05) is 6.07 Å². The van der Waals surface area contributed by atoms with Crippen LogP contribution in [0.2, 0.25) is 0 Å². The average Bonchev–Trinajstić information content (AvgIpc) is 2.95. The summed E-state index contributed by atoms with van der Waals surface area (Å²) in [6.07, 6.45) is -0.582. The number of nitrogens with zero attached hydrogens (tertiary/aromatic N) is 1. The number of para-hydroxylation sites is 1. The first-order valence-electron chi connectivity index (χ1n) is 9.65. The van der Waals surface area contributed by atoms with Gasteiger partial charge < -0.3 is 19.3 Å². The zero-order chi connectivity index (χ0) is 22.1. The van der Waals surface area contributed by atoms with Gasteiger partial charge in [0.2, 0.25) is 5.91 Å². The highest BCUT2D eigenvalue weighted by molar-refractivity contribution is 6.21. The van der Waals surface area contributed by atoms with Gasteiger partial charge in [-0.2, -0.15) is 0 Å². The Morgan fingerprint density at radius 1 is 1.07 bits per heavy atom. The van der Waals surface area contributed by atoms with Crippen LogP contribution in [-0.2, 0) is 21.4 Å². The summed E-state index contributed by atoms with van der Waals surface area (Å²) in [6, 6.07) is 12.3. The molecule has 160 valence electrons. The lowest BCUT2D eigenvalue weighted by Crippen LogP contribution is -2.48. The molecule has 1 N–H and O–H groups in total. The van der Waals surface area contributed by atoms with Crippen molar-refractivity contribution >= 4 is 17.7 Å². The maximum absolute atomic E-state index is 13.5. The molecule has 7 nitrogen and oxygen atoms in total. The molecule has 3 rings (SSSR count). The van der Waals surface area contributed by atoms with Crippen molar-refractivity contribution in [2.24, 2.45) is 0 Å². The van der Waals surface area contributed by atoms with E-state index >= 15 is 0 Å². The molecule has 2 aromatic rings. The topological polar surface area (TPSA) is 85.3 Å². The quantitative estimate of drug-likeness (QED) is 0.808. The second-order valence-corrected chi connectivity index (χ2v) is 8.24. The van der Waals surface area contributed by atoms with Gasteiger partial charge in [0, 0.05) is 0 Å². The number of aliphatic hydroxyl groups excluding tert-OH is 1. The monoisotopic (exact) mass is 413 g/mol. The number of methoxy groups -OCH3 is 2. The number of amides is 2. The highest BCUT2D eigenvalue weighted by Crippen LogP contribution is 2.45. The van der Waals surface area contributed by atoms with Gasteiger partial charge in [-0.25, -0.2) is 9.69 Å². The van der Waals surface area contributed by atoms with Crippen molar-refractivity contribution in [3.05, 3.63) is 53.6 Å². The lowest BCUT2D eigenvalue weighted by molar-refractivity contribution is -0.124. The minimum Gasteiger partial charge on any atom is -0.493 e. The van der Waals surface area contributed by atoms with Crippen LogP contribution in [0.15, 0.2) is 42.5 Å². The molecular weight excluding hydrogens is 386 g/mol. The minimum absolute atomic E-state index is 0.180. The molecule has 1 aliphatic heterocycles. The molecule has 0 saturated carbocycles. The number of carbonyl (C=O) groups is 2. The predicted octanol–water partition coefficient (Wildman–Crippen LogP) is 3.46. The maximum Gasteiger partial charge on any atom is 0.421 e. The second-order valence-electron chi connectivity index (χ2n) is 8.24. The van der Waals surface area contributed by atoms with Crippen LogP contribution >= 0.6 is 0 Å². The first-order chi connectivity index (χ1) is 14.2. The molecule has 1 atom stereocenters. The predicted molar refractivity (Wildman–Crippen MR) is 112 cm³/mol. The van der Waals surface area contributed by atoms with Crippen LogP contribution in [0.4, 0.5) is 10.5 Å². The third kappa shape index (κ3) is 3.73.